The Balaban J connectivity index is 1.99. The van der Waals surface area contributed by atoms with Gasteiger partial charge in [0.05, 0.1) is 56.1 Å². The van der Waals surface area contributed by atoms with Crippen LogP contribution in [-0.2, 0) is 0 Å². The lowest BCUT2D eigenvalue weighted by molar-refractivity contribution is 0.0841. The zero-order chi connectivity index (χ0) is 23.0. The Kier molecular flexibility index (Phi) is 5.43. The summed E-state index contributed by atoms with van der Waals surface area (Å²) in [5.41, 5.74) is 7.69. The Labute approximate surface area is 189 Å². The number of hydrogen-bond acceptors (Lipinski definition) is 8. The molecule has 2 aromatic carbocycles. The first-order valence-electron chi connectivity index (χ1n) is 9.45. The molecule has 2 aromatic rings. The van der Waals surface area contributed by atoms with Crippen LogP contribution in [0.4, 0.5) is 0 Å². The second-order valence-electron chi connectivity index (χ2n) is 6.87. The number of carbonyl (C=O) groups is 1. The van der Waals surface area contributed by atoms with E-state index in [0.717, 1.165) is 0 Å². The van der Waals surface area contributed by atoms with Gasteiger partial charge >= 0.3 is 0 Å². The molecule has 160 valence electrons. The number of hydrogen-bond donors (Lipinski definition) is 1. The Morgan fingerprint density at radius 1 is 1.00 bits per heavy atom. The molecule has 1 amide bonds. The number of methoxy groups -OCH3 is 3. The van der Waals surface area contributed by atoms with E-state index in [1.165, 1.54) is 38.0 Å². The zero-order valence-electron chi connectivity index (χ0n) is 17.5. The highest BCUT2D eigenvalue weighted by Gasteiger charge is 2.42. The maximum absolute atomic E-state index is 13.2. The number of fused-ring (bicyclic) bond motifs is 2. The van der Waals surface area contributed by atoms with Crippen LogP contribution in [0, 0.1) is 22.7 Å². The van der Waals surface area contributed by atoms with Gasteiger partial charge in [0.25, 0.3) is 5.91 Å². The van der Waals surface area contributed by atoms with Crippen LogP contribution in [0.1, 0.15) is 21.8 Å². The van der Waals surface area contributed by atoms with Gasteiger partial charge in [-0.3, -0.25) is 9.69 Å². The molecule has 0 saturated heterocycles. The van der Waals surface area contributed by atoms with E-state index < -0.39 is 5.92 Å². The minimum atomic E-state index is -0.810. The van der Waals surface area contributed by atoms with E-state index in [4.69, 9.17) is 19.9 Å². The van der Waals surface area contributed by atoms with Gasteiger partial charge in [0.2, 0.25) is 5.75 Å². The predicted molar refractivity (Wildman–Crippen MR) is 117 cm³/mol. The molecule has 2 aliphatic rings. The fourth-order valence-electron chi connectivity index (χ4n) is 3.86. The molecule has 9 heteroatoms. The van der Waals surface area contributed by atoms with Crippen molar-refractivity contribution in [3.05, 3.63) is 69.5 Å². The Morgan fingerprint density at radius 2 is 1.62 bits per heavy atom. The van der Waals surface area contributed by atoms with E-state index in [-0.39, 0.29) is 22.9 Å². The van der Waals surface area contributed by atoms with Gasteiger partial charge in [-0.25, -0.2) is 0 Å². The summed E-state index contributed by atoms with van der Waals surface area (Å²) in [6.07, 6.45) is 0. The third-order valence-corrected chi connectivity index (χ3v) is 6.49. The quantitative estimate of drug-likeness (QED) is 0.757. The van der Waals surface area contributed by atoms with Gasteiger partial charge in [-0.15, -0.1) is 0 Å². The highest BCUT2D eigenvalue weighted by atomic mass is 32.2. The highest BCUT2D eigenvalue weighted by molar-refractivity contribution is 8.03. The van der Waals surface area contributed by atoms with Crippen LogP contribution in [0.2, 0.25) is 0 Å². The highest BCUT2D eigenvalue weighted by Crippen LogP contribution is 2.51. The summed E-state index contributed by atoms with van der Waals surface area (Å²) in [6, 6.07) is 14.7. The maximum Gasteiger partial charge on any atom is 0.265 e. The summed E-state index contributed by atoms with van der Waals surface area (Å²) < 4.78 is 16.3. The van der Waals surface area contributed by atoms with E-state index in [1.807, 2.05) is 12.1 Å². The van der Waals surface area contributed by atoms with Gasteiger partial charge in [-0.2, -0.15) is 10.5 Å². The third-order valence-electron chi connectivity index (χ3n) is 5.32. The molecular formula is C23H18N4O4S. The summed E-state index contributed by atoms with van der Waals surface area (Å²) >= 11 is 1.27. The molecule has 2 aliphatic heterocycles. The average molecular weight is 446 g/mol. The molecule has 0 bridgehead atoms. The van der Waals surface area contributed by atoms with Gasteiger partial charge in [0.15, 0.2) is 11.5 Å². The van der Waals surface area contributed by atoms with Crippen molar-refractivity contribution in [3.63, 3.8) is 0 Å². The summed E-state index contributed by atoms with van der Waals surface area (Å²) in [4.78, 5) is 15.2. The summed E-state index contributed by atoms with van der Waals surface area (Å²) in [6.45, 7) is 0. The van der Waals surface area contributed by atoms with Crippen LogP contribution in [0.5, 0.6) is 17.2 Å². The number of allylic oxidation sites excluding steroid dienone is 2. The molecule has 0 fully saturated rings. The number of ether oxygens (including phenoxy) is 3. The van der Waals surface area contributed by atoms with Gasteiger partial charge in [-0.05, 0) is 29.8 Å². The SMILES string of the molecule is COc1cc(C2C(C#N)=C(N)N3C(=O)c4ccccc4SC3=C2C#N)cc(OC)c1OC. The van der Waals surface area contributed by atoms with E-state index >= 15 is 0 Å². The van der Waals surface area contributed by atoms with Gasteiger partial charge in [0.1, 0.15) is 10.9 Å². The molecule has 2 heterocycles. The van der Waals surface area contributed by atoms with Crippen LogP contribution in [0.15, 0.2) is 63.3 Å². The van der Waals surface area contributed by atoms with Crippen molar-refractivity contribution >= 4 is 17.7 Å². The van der Waals surface area contributed by atoms with Gasteiger partial charge in [-0.1, -0.05) is 23.9 Å². The number of thioether (sulfide) groups is 1. The predicted octanol–water partition coefficient (Wildman–Crippen LogP) is 3.49. The summed E-state index contributed by atoms with van der Waals surface area (Å²) in [5.74, 6) is -0.0623. The minimum Gasteiger partial charge on any atom is -0.493 e. The molecule has 0 saturated carbocycles. The molecule has 8 nitrogen and oxygen atoms in total. The number of rotatable bonds is 4. The Hall–Kier alpha value is -4.08. The molecule has 0 aliphatic carbocycles. The molecule has 2 N–H and O–H groups in total. The van der Waals surface area contributed by atoms with Crippen LogP contribution in [-0.4, -0.2) is 32.1 Å². The molecule has 0 spiro atoms. The lowest BCUT2D eigenvalue weighted by Gasteiger charge is -2.37. The Morgan fingerprint density at radius 3 is 2.19 bits per heavy atom. The van der Waals surface area contributed by atoms with Crippen molar-refractivity contribution in [2.24, 2.45) is 5.73 Å². The van der Waals surface area contributed by atoms with Crippen molar-refractivity contribution in [1.82, 2.24) is 4.90 Å². The van der Waals surface area contributed by atoms with Crippen LogP contribution >= 0.6 is 11.8 Å². The van der Waals surface area contributed by atoms with Crippen LogP contribution in [0.25, 0.3) is 0 Å². The second kappa shape index (κ2) is 8.22. The van der Waals surface area contributed by atoms with Gasteiger partial charge < -0.3 is 19.9 Å². The third kappa shape index (κ3) is 3.03. The zero-order valence-corrected chi connectivity index (χ0v) is 18.3. The molecule has 0 radical (unpaired) electrons. The Bertz CT molecular complexity index is 1260. The monoisotopic (exact) mass is 446 g/mol. The maximum atomic E-state index is 13.2. The van der Waals surface area contributed by atoms with E-state index in [1.54, 1.807) is 24.3 Å². The molecule has 4 rings (SSSR count). The number of carbonyl (C=O) groups excluding carboxylic acids is 1. The number of nitrogens with two attached hydrogens (primary N) is 1. The van der Waals surface area contributed by atoms with E-state index in [0.29, 0.717) is 38.3 Å². The fraction of sp³-hybridized carbons (Fsp3) is 0.174. The van der Waals surface area contributed by atoms with Crippen molar-refractivity contribution in [2.75, 3.05) is 21.3 Å². The smallest absolute Gasteiger partial charge is 0.265 e. The number of nitrogens with zero attached hydrogens (tertiary/aromatic N) is 3. The topological polar surface area (TPSA) is 122 Å². The molecular weight excluding hydrogens is 428 g/mol. The summed E-state index contributed by atoms with van der Waals surface area (Å²) in [5, 5.41) is 20.5. The minimum absolute atomic E-state index is 0.00717. The largest absolute Gasteiger partial charge is 0.493 e. The van der Waals surface area contributed by atoms with Crippen LogP contribution < -0.4 is 19.9 Å². The molecule has 1 unspecified atom stereocenters. The second-order valence-corrected chi connectivity index (χ2v) is 7.90. The molecule has 1 atom stereocenters. The first kappa shape index (κ1) is 21.2. The van der Waals surface area contributed by atoms with E-state index in [9.17, 15) is 15.3 Å². The van der Waals surface area contributed by atoms with Crippen molar-refractivity contribution in [2.45, 2.75) is 10.8 Å². The normalized spacial score (nSPS) is 17.2. The van der Waals surface area contributed by atoms with Crippen LogP contribution in [0.3, 0.4) is 0 Å². The van der Waals surface area contributed by atoms with Crippen molar-refractivity contribution in [1.29, 1.82) is 10.5 Å². The lowest BCUT2D eigenvalue weighted by atomic mass is 9.83. The fourth-order valence-corrected chi connectivity index (χ4v) is 5.03. The number of benzene rings is 2. The molecule has 32 heavy (non-hydrogen) atoms. The van der Waals surface area contributed by atoms with E-state index in [2.05, 4.69) is 12.1 Å². The molecule has 0 aromatic heterocycles. The first-order valence-corrected chi connectivity index (χ1v) is 10.3. The van der Waals surface area contributed by atoms with Crippen molar-refractivity contribution in [3.8, 4) is 29.4 Å². The standard InChI is InChI=1S/C23H18N4O4S/c1-29-16-8-12(9-17(30-2)20(16)31-3)19-14(10-24)21(26)27-22(28)13-6-4-5-7-18(13)32-23(27)15(19)11-25/h4-9,19H,26H2,1-3H3. The number of amides is 1. The first-order chi connectivity index (χ1) is 15.5. The number of nitriles is 2. The average Bonchev–Trinajstić information content (AvgIpc) is 2.82. The lowest BCUT2D eigenvalue weighted by Crippen LogP contribution is -2.40. The van der Waals surface area contributed by atoms with Gasteiger partial charge in [0, 0.05) is 4.90 Å². The summed E-state index contributed by atoms with van der Waals surface area (Å²) in [7, 11) is 4.45. The van der Waals surface area contributed by atoms with Crippen molar-refractivity contribution < 1.29 is 19.0 Å².